The molecule has 0 spiro atoms. The number of nitrogens with one attached hydrogen (secondary N) is 1. The van der Waals surface area contributed by atoms with Crippen molar-refractivity contribution in [3.63, 3.8) is 0 Å². The lowest BCUT2D eigenvalue weighted by molar-refractivity contribution is -0.384. The van der Waals surface area contributed by atoms with Gasteiger partial charge in [0.25, 0.3) is 11.6 Å². The molecule has 1 N–H and O–H groups in total. The minimum Gasteiger partial charge on any atom is -0.489 e. The number of rotatable bonds is 7. The van der Waals surface area contributed by atoms with Gasteiger partial charge in [0.05, 0.1) is 10.6 Å². The summed E-state index contributed by atoms with van der Waals surface area (Å²) < 4.78 is 5.72. The summed E-state index contributed by atoms with van der Waals surface area (Å²) in [5.41, 5.74) is 1.98. The normalized spacial score (nSPS) is 10.9. The van der Waals surface area contributed by atoms with Gasteiger partial charge in [-0.05, 0) is 48.4 Å². The molecule has 0 atom stereocenters. The van der Waals surface area contributed by atoms with E-state index in [2.05, 4.69) is 5.32 Å². The topological polar surface area (TPSA) is 105 Å². The Hall–Kier alpha value is -3.86. The number of benzene rings is 3. The first-order valence-corrected chi connectivity index (χ1v) is 10.4. The van der Waals surface area contributed by atoms with E-state index >= 15 is 0 Å². The van der Waals surface area contributed by atoms with Crippen LogP contribution in [-0.2, 0) is 11.4 Å². The van der Waals surface area contributed by atoms with Gasteiger partial charge in [-0.1, -0.05) is 47.5 Å². The molecule has 0 fully saturated rings. The molecule has 0 aliphatic rings. The Morgan fingerprint density at radius 2 is 1.88 bits per heavy atom. The van der Waals surface area contributed by atoms with Crippen molar-refractivity contribution in [2.24, 2.45) is 0 Å². The second kappa shape index (κ2) is 10.6. The number of nitrogens with zero attached hydrogens (tertiary/aromatic N) is 2. The molecule has 3 rings (SSSR count). The average molecular weight is 482 g/mol. The van der Waals surface area contributed by atoms with Crippen LogP contribution in [0, 0.1) is 28.4 Å². The number of non-ortho nitro benzene ring substituents is 1. The van der Waals surface area contributed by atoms with Crippen molar-refractivity contribution in [2.45, 2.75) is 13.5 Å². The highest BCUT2D eigenvalue weighted by Gasteiger charge is 2.14. The van der Waals surface area contributed by atoms with Crippen LogP contribution in [0.2, 0.25) is 10.0 Å². The van der Waals surface area contributed by atoms with E-state index in [9.17, 15) is 20.2 Å². The first kappa shape index (κ1) is 23.8. The average Bonchev–Trinajstić information content (AvgIpc) is 2.79. The van der Waals surface area contributed by atoms with Crippen molar-refractivity contribution in [3.05, 3.63) is 103 Å². The highest BCUT2D eigenvalue weighted by Crippen LogP contribution is 2.24. The quantitative estimate of drug-likeness (QED) is 0.183. The van der Waals surface area contributed by atoms with Crippen molar-refractivity contribution in [3.8, 4) is 11.8 Å². The molecule has 1 amide bonds. The molecule has 7 nitrogen and oxygen atoms in total. The first-order chi connectivity index (χ1) is 15.8. The Kier molecular flexibility index (Phi) is 7.67. The standard InChI is InChI=1S/C24H17Cl2N3O4/c1-15-2-7-20(29(31)32)12-23(15)28-24(30)18(13-27)10-16-3-8-21(9-4-16)33-14-17-5-6-19(25)11-22(17)26/h2-12H,14H2,1H3,(H,28,30)/b18-10+. The largest absolute Gasteiger partial charge is 0.489 e. The Labute approximate surface area is 200 Å². The molecule has 0 heterocycles. The van der Waals surface area contributed by atoms with E-state index in [1.165, 1.54) is 24.3 Å². The maximum absolute atomic E-state index is 12.5. The minimum atomic E-state index is -0.668. The molecule has 0 radical (unpaired) electrons. The van der Waals surface area contributed by atoms with E-state index < -0.39 is 10.8 Å². The minimum absolute atomic E-state index is 0.150. The lowest BCUT2D eigenvalue weighted by Gasteiger charge is -2.09. The van der Waals surface area contributed by atoms with Gasteiger partial charge in [-0.15, -0.1) is 0 Å². The summed E-state index contributed by atoms with van der Waals surface area (Å²) in [6.07, 6.45) is 1.42. The summed E-state index contributed by atoms with van der Waals surface area (Å²) in [5.74, 6) is -0.0906. The van der Waals surface area contributed by atoms with Crippen molar-refractivity contribution in [2.75, 3.05) is 5.32 Å². The third-order valence-corrected chi connectivity index (χ3v) is 5.23. The van der Waals surface area contributed by atoms with Crippen LogP contribution in [0.4, 0.5) is 11.4 Å². The van der Waals surface area contributed by atoms with Crippen molar-refractivity contribution >= 4 is 46.6 Å². The number of ether oxygens (including phenoxy) is 1. The summed E-state index contributed by atoms with van der Waals surface area (Å²) in [5, 5.41) is 24.0. The maximum Gasteiger partial charge on any atom is 0.271 e. The van der Waals surface area contributed by atoms with Gasteiger partial charge in [0.2, 0.25) is 0 Å². The van der Waals surface area contributed by atoms with E-state index in [1.54, 1.807) is 49.4 Å². The summed E-state index contributed by atoms with van der Waals surface area (Å²) >= 11 is 12.0. The number of halogens is 2. The molecule has 0 aromatic heterocycles. The van der Waals surface area contributed by atoms with Gasteiger partial charge in [0.15, 0.2) is 0 Å². The van der Waals surface area contributed by atoms with Crippen LogP contribution in [0.25, 0.3) is 6.08 Å². The van der Waals surface area contributed by atoms with Crippen molar-refractivity contribution in [1.29, 1.82) is 5.26 Å². The zero-order valence-corrected chi connectivity index (χ0v) is 18.9. The summed E-state index contributed by atoms with van der Waals surface area (Å²) in [7, 11) is 0. The fourth-order valence-electron chi connectivity index (χ4n) is 2.82. The number of anilines is 1. The number of nitriles is 1. The number of hydrogen-bond acceptors (Lipinski definition) is 5. The third-order valence-electron chi connectivity index (χ3n) is 4.65. The molecular weight excluding hydrogens is 465 g/mol. The maximum atomic E-state index is 12.5. The van der Waals surface area contributed by atoms with Crippen LogP contribution in [-0.4, -0.2) is 10.8 Å². The second-order valence-corrected chi connectivity index (χ2v) is 7.82. The Bertz CT molecular complexity index is 1280. The molecule has 0 aliphatic carbocycles. The SMILES string of the molecule is Cc1ccc([N+](=O)[O-])cc1NC(=O)/C(C#N)=C/c1ccc(OCc2ccc(Cl)cc2Cl)cc1. The van der Waals surface area contributed by atoms with Gasteiger partial charge in [-0.2, -0.15) is 5.26 Å². The molecule has 0 aliphatic heterocycles. The Morgan fingerprint density at radius 3 is 2.52 bits per heavy atom. The Balaban J connectivity index is 1.69. The highest BCUT2D eigenvalue weighted by atomic mass is 35.5. The van der Waals surface area contributed by atoms with Crippen molar-refractivity contribution < 1.29 is 14.5 Å². The number of nitro groups is 1. The number of nitro benzene ring substituents is 1. The molecule has 0 saturated carbocycles. The number of hydrogen-bond donors (Lipinski definition) is 1. The molecule has 9 heteroatoms. The molecule has 0 bridgehead atoms. The number of carbonyl (C=O) groups is 1. The molecule has 33 heavy (non-hydrogen) atoms. The molecule has 166 valence electrons. The molecule has 3 aromatic carbocycles. The van der Waals surface area contributed by atoms with E-state index in [-0.39, 0.29) is 23.6 Å². The van der Waals surface area contributed by atoms with Crippen LogP contribution in [0.5, 0.6) is 5.75 Å². The van der Waals surface area contributed by atoms with Gasteiger partial charge in [-0.3, -0.25) is 14.9 Å². The van der Waals surface area contributed by atoms with Crippen molar-refractivity contribution in [1.82, 2.24) is 0 Å². The summed E-state index contributed by atoms with van der Waals surface area (Å²) in [6.45, 7) is 1.95. The van der Waals surface area contributed by atoms with E-state index in [0.717, 1.165) is 5.56 Å². The lowest BCUT2D eigenvalue weighted by atomic mass is 10.1. The van der Waals surface area contributed by atoms with Crippen LogP contribution in [0.1, 0.15) is 16.7 Å². The van der Waals surface area contributed by atoms with Gasteiger partial charge >= 0.3 is 0 Å². The predicted octanol–water partition coefficient (Wildman–Crippen LogP) is 6.33. The fraction of sp³-hybridized carbons (Fsp3) is 0.0833. The van der Waals surface area contributed by atoms with Crippen LogP contribution in [0.3, 0.4) is 0 Å². The predicted molar refractivity (Wildman–Crippen MR) is 127 cm³/mol. The van der Waals surface area contributed by atoms with E-state index in [1.807, 2.05) is 6.07 Å². The molecule has 0 saturated heterocycles. The lowest BCUT2D eigenvalue weighted by Crippen LogP contribution is -2.14. The first-order valence-electron chi connectivity index (χ1n) is 9.62. The molecule has 0 unspecified atom stereocenters. The monoisotopic (exact) mass is 481 g/mol. The van der Waals surface area contributed by atoms with E-state index in [0.29, 0.717) is 26.9 Å². The summed E-state index contributed by atoms with van der Waals surface area (Å²) in [6, 6.07) is 17.9. The van der Waals surface area contributed by atoms with Gasteiger partial charge in [0, 0.05) is 27.7 Å². The van der Waals surface area contributed by atoms with Crippen LogP contribution >= 0.6 is 23.2 Å². The van der Waals surface area contributed by atoms with Gasteiger partial charge < -0.3 is 10.1 Å². The van der Waals surface area contributed by atoms with Gasteiger partial charge in [-0.25, -0.2) is 0 Å². The number of carbonyl (C=O) groups excluding carboxylic acids is 1. The zero-order valence-electron chi connectivity index (χ0n) is 17.3. The van der Waals surface area contributed by atoms with E-state index in [4.69, 9.17) is 27.9 Å². The number of amides is 1. The Morgan fingerprint density at radius 1 is 1.15 bits per heavy atom. The number of aryl methyl sites for hydroxylation is 1. The fourth-order valence-corrected chi connectivity index (χ4v) is 3.29. The third kappa shape index (κ3) is 6.32. The summed E-state index contributed by atoms with van der Waals surface area (Å²) in [4.78, 5) is 23.0. The molecule has 3 aromatic rings. The molecular formula is C24H17Cl2N3O4. The van der Waals surface area contributed by atoms with Gasteiger partial charge in [0.1, 0.15) is 24.0 Å². The smallest absolute Gasteiger partial charge is 0.271 e. The van der Waals surface area contributed by atoms with Crippen LogP contribution < -0.4 is 10.1 Å². The van der Waals surface area contributed by atoms with Crippen LogP contribution in [0.15, 0.2) is 66.2 Å². The second-order valence-electron chi connectivity index (χ2n) is 6.97. The zero-order chi connectivity index (χ0) is 24.0. The highest BCUT2D eigenvalue weighted by molar-refractivity contribution is 6.35.